The van der Waals surface area contributed by atoms with Crippen molar-refractivity contribution >= 4 is 15.9 Å². The first-order valence-electron chi connectivity index (χ1n) is 7.57. The summed E-state index contributed by atoms with van der Waals surface area (Å²) >= 11 is 0. The third-order valence-corrected chi connectivity index (χ3v) is 4.08. The van der Waals surface area contributed by atoms with Gasteiger partial charge in [0.15, 0.2) is 0 Å². The summed E-state index contributed by atoms with van der Waals surface area (Å²) in [5.41, 5.74) is 3.31. The monoisotopic (exact) mass is 347 g/mol. The maximum absolute atomic E-state index is 12.2. The Morgan fingerprint density at radius 2 is 1.88 bits per heavy atom. The minimum absolute atomic E-state index is 0.0588. The van der Waals surface area contributed by atoms with Crippen LogP contribution in [0.5, 0.6) is 0 Å². The second kappa shape index (κ2) is 8.03. The molecule has 0 bridgehead atoms. The second-order valence-corrected chi connectivity index (χ2v) is 7.45. The molecule has 0 aliphatic heterocycles. The first-order valence-corrected chi connectivity index (χ1v) is 9.46. The van der Waals surface area contributed by atoms with E-state index < -0.39 is 10.0 Å². The highest BCUT2D eigenvalue weighted by molar-refractivity contribution is 7.88. The molecular weight excluding hydrogens is 326 g/mol. The molecule has 2 N–H and O–H groups in total. The molecule has 1 heterocycles. The molecule has 1 amide bonds. The molecule has 2 aromatic rings. The van der Waals surface area contributed by atoms with Crippen LogP contribution in [0.15, 0.2) is 42.6 Å². The molecule has 7 heteroatoms. The lowest BCUT2D eigenvalue weighted by Crippen LogP contribution is -2.26. The molecule has 0 fully saturated rings. The summed E-state index contributed by atoms with van der Waals surface area (Å²) in [4.78, 5) is 16.2. The maximum atomic E-state index is 12.2. The molecule has 0 saturated heterocycles. The van der Waals surface area contributed by atoms with Crippen LogP contribution in [0.2, 0.25) is 0 Å². The molecule has 0 atom stereocenters. The number of nitrogens with zero attached hydrogens (tertiary/aromatic N) is 1. The van der Waals surface area contributed by atoms with Gasteiger partial charge in [0.25, 0.3) is 5.91 Å². The van der Waals surface area contributed by atoms with Crippen LogP contribution >= 0.6 is 0 Å². The van der Waals surface area contributed by atoms with Gasteiger partial charge in [-0.2, -0.15) is 0 Å². The highest BCUT2D eigenvalue weighted by Gasteiger charge is 2.08. The summed E-state index contributed by atoms with van der Waals surface area (Å²) in [6.45, 7) is 2.62. The van der Waals surface area contributed by atoms with Crippen LogP contribution in [0.4, 0.5) is 0 Å². The molecular formula is C17H21N3O3S. The largest absolute Gasteiger partial charge is 0.352 e. The van der Waals surface area contributed by atoms with Gasteiger partial charge in [-0.3, -0.25) is 9.78 Å². The summed E-state index contributed by atoms with van der Waals surface area (Å²) in [6.07, 6.45) is 3.32. The molecule has 0 radical (unpaired) electrons. The molecule has 0 aliphatic carbocycles. The Morgan fingerprint density at radius 3 is 2.54 bits per heavy atom. The third-order valence-electron chi connectivity index (χ3n) is 3.41. The summed E-state index contributed by atoms with van der Waals surface area (Å²) in [6, 6.07) is 11.4. The Hall–Kier alpha value is -2.25. The quantitative estimate of drug-likeness (QED) is 0.793. The highest BCUT2D eigenvalue weighted by Crippen LogP contribution is 2.05. The van der Waals surface area contributed by atoms with Crippen LogP contribution in [-0.4, -0.2) is 32.1 Å². The predicted molar refractivity (Wildman–Crippen MR) is 93.1 cm³/mol. The van der Waals surface area contributed by atoms with Gasteiger partial charge in [-0.1, -0.05) is 29.8 Å². The molecule has 1 aromatic heterocycles. The average Bonchev–Trinajstić information content (AvgIpc) is 2.54. The minimum Gasteiger partial charge on any atom is -0.352 e. The van der Waals surface area contributed by atoms with Crippen molar-refractivity contribution in [3.05, 3.63) is 65.0 Å². The molecule has 0 aliphatic rings. The lowest BCUT2D eigenvalue weighted by Gasteiger charge is -2.07. The van der Waals surface area contributed by atoms with Gasteiger partial charge in [0.05, 0.1) is 18.5 Å². The van der Waals surface area contributed by atoms with Crippen molar-refractivity contribution in [2.24, 2.45) is 0 Å². The summed E-state index contributed by atoms with van der Waals surface area (Å²) in [5, 5.41) is 2.86. The third kappa shape index (κ3) is 6.10. The van der Waals surface area contributed by atoms with E-state index in [-0.39, 0.29) is 12.5 Å². The molecule has 2 rings (SSSR count). The van der Waals surface area contributed by atoms with Crippen LogP contribution in [0, 0.1) is 6.92 Å². The van der Waals surface area contributed by atoms with Crippen LogP contribution in [0.1, 0.15) is 27.2 Å². The fraction of sp³-hybridized carbons (Fsp3) is 0.294. The topological polar surface area (TPSA) is 88.2 Å². The number of hydrogen-bond acceptors (Lipinski definition) is 4. The first-order chi connectivity index (χ1) is 11.3. The van der Waals surface area contributed by atoms with Crippen molar-refractivity contribution in [3.63, 3.8) is 0 Å². The van der Waals surface area contributed by atoms with Gasteiger partial charge in [-0.25, -0.2) is 13.1 Å². The van der Waals surface area contributed by atoms with Crippen LogP contribution in [0.25, 0.3) is 0 Å². The number of carbonyl (C=O) groups excluding carboxylic acids is 1. The van der Waals surface area contributed by atoms with E-state index in [0.29, 0.717) is 17.8 Å². The number of hydrogen-bond donors (Lipinski definition) is 2. The van der Waals surface area contributed by atoms with E-state index in [2.05, 4.69) is 15.0 Å². The van der Waals surface area contributed by atoms with Gasteiger partial charge in [0.1, 0.15) is 0 Å². The van der Waals surface area contributed by atoms with Crippen molar-refractivity contribution < 1.29 is 13.2 Å². The van der Waals surface area contributed by atoms with Crippen molar-refractivity contribution in [1.82, 2.24) is 15.0 Å². The van der Waals surface area contributed by atoms with Crippen molar-refractivity contribution in [1.29, 1.82) is 0 Å². The number of carbonyl (C=O) groups is 1. The van der Waals surface area contributed by atoms with E-state index in [0.717, 1.165) is 18.2 Å². The first kappa shape index (κ1) is 18.1. The van der Waals surface area contributed by atoms with Gasteiger partial charge in [-0.05, 0) is 31.0 Å². The summed E-state index contributed by atoms with van der Waals surface area (Å²) < 4.78 is 24.6. The van der Waals surface area contributed by atoms with Crippen LogP contribution < -0.4 is 10.0 Å². The van der Waals surface area contributed by atoms with Gasteiger partial charge in [0, 0.05) is 18.3 Å². The average molecular weight is 347 g/mol. The normalized spacial score (nSPS) is 11.2. The van der Waals surface area contributed by atoms with E-state index >= 15 is 0 Å². The molecule has 6 nitrogen and oxygen atoms in total. The van der Waals surface area contributed by atoms with Gasteiger partial charge in [0.2, 0.25) is 10.0 Å². The number of benzene rings is 1. The number of amides is 1. The maximum Gasteiger partial charge on any atom is 0.251 e. The second-order valence-electron chi connectivity index (χ2n) is 5.62. The summed E-state index contributed by atoms with van der Waals surface area (Å²) in [7, 11) is -3.29. The Kier molecular flexibility index (Phi) is 6.05. The SMILES string of the molecule is Cc1ccc(CCNC(=O)c2ccnc(CNS(C)(=O)=O)c2)cc1. The Morgan fingerprint density at radius 1 is 1.17 bits per heavy atom. The molecule has 1 aromatic carbocycles. The molecule has 24 heavy (non-hydrogen) atoms. The number of rotatable bonds is 7. The van der Waals surface area contributed by atoms with Crippen LogP contribution in [0.3, 0.4) is 0 Å². The van der Waals surface area contributed by atoms with Crippen LogP contribution in [-0.2, 0) is 23.0 Å². The number of aryl methyl sites for hydroxylation is 1. The lowest BCUT2D eigenvalue weighted by atomic mass is 10.1. The van der Waals surface area contributed by atoms with Crippen molar-refractivity contribution in [3.8, 4) is 0 Å². The number of sulfonamides is 1. The van der Waals surface area contributed by atoms with E-state index in [4.69, 9.17) is 0 Å². The Labute approximate surface area is 142 Å². The lowest BCUT2D eigenvalue weighted by molar-refractivity contribution is 0.0954. The Balaban J connectivity index is 1.88. The summed E-state index contributed by atoms with van der Waals surface area (Å²) in [5.74, 6) is -0.204. The van der Waals surface area contributed by atoms with E-state index in [9.17, 15) is 13.2 Å². The Bertz CT molecular complexity index is 802. The highest BCUT2D eigenvalue weighted by atomic mass is 32.2. The predicted octanol–water partition coefficient (Wildman–Crippen LogP) is 1.41. The molecule has 0 spiro atoms. The number of nitrogens with one attached hydrogen (secondary N) is 2. The zero-order chi connectivity index (χ0) is 17.6. The molecule has 128 valence electrons. The standard InChI is InChI=1S/C17H21N3O3S/c1-13-3-5-14(6-4-13)7-9-19-17(21)15-8-10-18-16(11-15)12-20-24(2,22)23/h3-6,8,10-11,20H,7,9,12H2,1-2H3,(H,19,21). The number of pyridine rings is 1. The van der Waals surface area contributed by atoms with Gasteiger partial charge < -0.3 is 5.32 Å². The number of aromatic nitrogens is 1. The van der Waals surface area contributed by atoms with Gasteiger partial charge >= 0.3 is 0 Å². The molecule has 0 unspecified atom stereocenters. The molecule has 0 saturated carbocycles. The zero-order valence-corrected chi connectivity index (χ0v) is 14.6. The van der Waals surface area contributed by atoms with Crippen molar-refractivity contribution in [2.75, 3.05) is 12.8 Å². The smallest absolute Gasteiger partial charge is 0.251 e. The van der Waals surface area contributed by atoms with Crippen molar-refractivity contribution in [2.45, 2.75) is 19.9 Å². The zero-order valence-electron chi connectivity index (χ0n) is 13.7. The van der Waals surface area contributed by atoms with E-state index in [1.165, 1.54) is 11.8 Å². The fourth-order valence-electron chi connectivity index (χ4n) is 2.10. The van der Waals surface area contributed by atoms with E-state index in [1.54, 1.807) is 12.1 Å². The minimum atomic E-state index is -3.29. The van der Waals surface area contributed by atoms with Gasteiger partial charge in [-0.15, -0.1) is 0 Å². The van der Waals surface area contributed by atoms with E-state index in [1.807, 2.05) is 31.2 Å². The fourth-order valence-corrected chi connectivity index (χ4v) is 2.51.